The van der Waals surface area contributed by atoms with Crippen LogP contribution in [0.15, 0.2) is 42.5 Å². The van der Waals surface area contributed by atoms with Crippen LogP contribution in [0.3, 0.4) is 0 Å². The maximum atomic E-state index is 13.6. The maximum Gasteiger partial charge on any atom is 0.241 e. The van der Waals surface area contributed by atoms with Crippen LogP contribution in [0.4, 0.5) is 10.1 Å². The highest BCUT2D eigenvalue weighted by atomic mass is 19.1. The molecule has 1 aliphatic heterocycles. The van der Waals surface area contributed by atoms with Gasteiger partial charge in [-0.1, -0.05) is 0 Å². The van der Waals surface area contributed by atoms with Gasteiger partial charge in [-0.25, -0.2) is 4.39 Å². The van der Waals surface area contributed by atoms with E-state index in [4.69, 9.17) is 10.00 Å². The average molecular weight is 396 g/mol. The molecule has 0 aliphatic carbocycles. The third-order valence-corrected chi connectivity index (χ3v) is 5.25. The van der Waals surface area contributed by atoms with E-state index in [2.05, 4.69) is 21.2 Å². The van der Waals surface area contributed by atoms with Crippen molar-refractivity contribution < 1.29 is 13.9 Å². The minimum Gasteiger partial charge on any atom is -0.496 e. The van der Waals surface area contributed by atoms with Crippen LogP contribution >= 0.6 is 0 Å². The van der Waals surface area contributed by atoms with Gasteiger partial charge in [-0.3, -0.25) is 14.6 Å². The minimum absolute atomic E-state index is 0.0741. The molecule has 0 saturated carbocycles. The number of anilines is 1. The van der Waals surface area contributed by atoms with Crippen molar-refractivity contribution in [3.05, 3.63) is 59.4 Å². The topological polar surface area (TPSA) is 68.6 Å². The van der Waals surface area contributed by atoms with E-state index in [-0.39, 0.29) is 17.8 Å². The van der Waals surface area contributed by atoms with E-state index in [1.54, 1.807) is 37.4 Å². The molecule has 0 unspecified atom stereocenters. The Kier molecular flexibility index (Phi) is 6.81. The lowest BCUT2D eigenvalue weighted by Crippen LogP contribution is -2.52. The molecule has 29 heavy (non-hydrogen) atoms. The summed E-state index contributed by atoms with van der Waals surface area (Å²) in [7, 11) is 1.59. The van der Waals surface area contributed by atoms with E-state index in [1.165, 1.54) is 12.1 Å². The highest BCUT2D eigenvalue weighted by Gasteiger charge is 2.26. The molecule has 0 bridgehead atoms. The third kappa shape index (κ3) is 5.31. The van der Waals surface area contributed by atoms with Gasteiger partial charge >= 0.3 is 0 Å². The van der Waals surface area contributed by atoms with Crippen LogP contribution in [0.2, 0.25) is 0 Å². The zero-order valence-electron chi connectivity index (χ0n) is 16.7. The number of piperazine rings is 1. The van der Waals surface area contributed by atoms with E-state index in [1.807, 2.05) is 6.92 Å². The summed E-state index contributed by atoms with van der Waals surface area (Å²) < 4.78 is 18.9. The summed E-state index contributed by atoms with van der Waals surface area (Å²) >= 11 is 0. The number of carbonyl (C=O) groups excluding carboxylic acids is 1. The molecule has 1 N–H and O–H groups in total. The number of nitrogens with zero attached hydrogens (tertiary/aromatic N) is 3. The summed E-state index contributed by atoms with van der Waals surface area (Å²) in [5.41, 5.74) is 2.06. The molecule has 1 saturated heterocycles. The fraction of sp³-hybridized carbons (Fsp3) is 0.364. The Morgan fingerprint density at radius 2 is 1.90 bits per heavy atom. The van der Waals surface area contributed by atoms with Gasteiger partial charge in [0.25, 0.3) is 0 Å². The first kappa shape index (κ1) is 20.8. The second-order valence-corrected chi connectivity index (χ2v) is 7.12. The summed E-state index contributed by atoms with van der Waals surface area (Å²) in [6, 6.07) is 13.2. The Balaban J connectivity index is 1.52. The first-order valence-electron chi connectivity index (χ1n) is 9.60. The van der Waals surface area contributed by atoms with E-state index in [0.29, 0.717) is 23.5 Å². The molecule has 2 aromatic rings. The van der Waals surface area contributed by atoms with Gasteiger partial charge in [-0.15, -0.1) is 0 Å². The molecule has 0 radical (unpaired) electrons. The maximum absolute atomic E-state index is 13.6. The Bertz CT molecular complexity index is 887. The Labute approximate surface area is 170 Å². The molecule has 3 rings (SSSR count). The van der Waals surface area contributed by atoms with Crippen LogP contribution in [-0.2, 0) is 11.3 Å². The molecular weight excluding hydrogens is 371 g/mol. The van der Waals surface area contributed by atoms with Crippen LogP contribution in [0.5, 0.6) is 5.75 Å². The van der Waals surface area contributed by atoms with Crippen molar-refractivity contribution in [3.63, 3.8) is 0 Å². The molecule has 1 aliphatic rings. The smallest absolute Gasteiger partial charge is 0.241 e. The molecule has 152 valence electrons. The number of ether oxygens (including phenoxy) is 1. The summed E-state index contributed by atoms with van der Waals surface area (Å²) in [6.07, 6.45) is 0. The van der Waals surface area contributed by atoms with Gasteiger partial charge in [-0.2, -0.15) is 5.26 Å². The Morgan fingerprint density at radius 3 is 2.52 bits per heavy atom. The molecule has 0 spiro atoms. The van der Waals surface area contributed by atoms with Crippen LogP contribution < -0.4 is 10.1 Å². The molecule has 1 fully saturated rings. The number of halogens is 1. The van der Waals surface area contributed by atoms with E-state index in [9.17, 15) is 9.18 Å². The first-order valence-corrected chi connectivity index (χ1v) is 9.60. The number of amides is 1. The van der Waals surface area contributed by atoms with Gasteiger partial charge in [0, 0.05) is 44.0 Å². The number of methoxy groups -OCH3 is 1. The fourth-order valence-corrected chi connectivity index (χ4v) is 3.46. The van der Waals surface area contributed by atoms with Gasteiger partial charge < -0.3 is 10.1 Å². The molecule has 0 aromatic heterocycles. The predicted molar refractivity (Wildman–Crippen MR) is 109 cm³/mol. The largest absolute Gasteiger partial charge is 0.496 e. The SMILES string of the molecule is COc1ccc(F)cc1CN1CCN([C@H](C)C(=O)Nc2ccc(C#N)cc2)CC1. The standard InChI is InChI=1S/C22H25FN4O2/c1-16(22(28)25-20-6-3-17(14-24)4-7-20)27-11-9-26(10-12-27)15-18-13-19(23)5-8-21(18)29-2/h3-8,13,16H,9-12,15H2,1-2H3,(H,25,28)/t16-/m1/s1. The molecular formula is C22H25FN4O2. The lowest BCUT2D eigenvalue weighted by molar-refractivity contribution is -0.121. The van der Waals surface area contributed by atoms with Gasteiger partial charge in [0.1, 0.15) is 11.6 Å². The summed E-state index contributed by atoms with van der Waals surface area (Å²) in [4.78, 5) is 16.9. The third-order valence-electron chi connectivity index (χ3n) is 5.25. The van der Waals surface area contributed by atoms with Crippen LogP contribution in [0.1, 0.15) is 18.1 Å². The number of rotatable bonds is 6. The van der Waals surface area contributed by atoms with Gasteiger partial charge in [0.05, 0.1) is 24.8 Å². The van der Waals surface area contributed by atoms with Crippen molar-refractivity contribution in [3.8, 4) is 11.8 Å². The van der Waals surface area contributed by atoms with Crippen LogP contribution in [0.25, 0.3) is 0 Å². The molecule has 1 heterocycles. The highest BCUT2D eigenvalue weighted by Crippen LogP contribution is 2.22. The van der Waals surface area contributed by atoms with Crippen molar-refractivity contribution >= 4 is 11.6 Å². The zero-order chi connectivity index (χ0) is 20.8. The van der Waals surface area contributed by atoms with Crippen molar-refractivity contribution in [2.45, 2.75) is 19.5 Å². The van der Waals surface area contributed by atoms with Gasteiger partial charge in [0.2, 0.25) is 5.91 Å². The number of hydrogen-bond acceptors (Lipinski definition) is 5. The minimum atomic E-state index is -0.271. The van der Waals surface area contributed by atoms with Crippen molar-refractivity contribution in [2.24, 2.45) is 0 Å². The summed E-state index contributed by atoms with van der Waals surface area (Å²) in [5, 5.41) is 11.8. The second kappa shape index (κ2) is 9.50. The Morgan fingerprint density at radius 1 is 1.21 bits per heavy atom. The molecule has 6 nitrogen and oxygen atoms in total. The van der Waals surface area contributed by atoms with Crippen LogP contribution in [0, 0.1) is 17.1 Å². The normalized spacial score (nSPS) is 16.1. The highest BCUT2D eigenvalue weighted by molar-refractivity contribution is 5.94. The quantitative estimate of drug-likeness (QED) is 0.813. The number of hydrogen-bond donors (Lipinski definition) is 1. The lowest BCUT2D eigenvalue weighted by atomic mass is 10.1. The number of benzene rings is 2. The van der Waals surface area contributed by atoms with Gasteiger partial charge in [0.15, 0.2) is 0 Å². The molecule has 1 atom stereocenters. The van der Waals surface area contributed by atoms with E-state index < -0.39 is 0 Å². The van der Waals surface area contributed by atoms with Crippen molar-refractivity contribution in [2.75, 3.05) is 38.6 Å². The number of carbonyl (C=O) groups is 1. The molecule has 7 heteroatoms. The first-order chi connectivity index (χ1) is 14.0. The van der Waals surface area contributed by atoms with Crippen molar-refractivity contribution in [1.82, 2.24) is 9.80 Å². The molecule has 1 amide bonds. The monoisotopic (exact) mass is 396 g/mol. The number of nitrogens with one attached hydrogen (secondary N) is 1. The predicted octanol–water partition coefficient (Wildman–Crippen LogP) is 2.85. The van der Waals surface area contributed by atoms with E-state index >= 15 is 0 Å². The van der Waals surface area contributed by atoms with Crippen molar-refractivity contribution in [1.29, 1.82) is 5.26 Å². The second-order valence-electron chi connectivity index (χ2n) is 7.12. The Hall–Kier alpha value is -2.95. The number of nitriles is 1. The van der Waals surface area contributed by atoms with Gasteiger partial charge in [-0.05, 0) is 49.4 Å². The van der Waals surface area contributed by atoms with Crippen LogP contribution in [-0.4, -0.2) is 55.0 Å². The lowest BCUT2D eigenvalue weighted by Gasteiger charge is -2.37. The molecule has 2 aromatic carbocycles. The fourth-order valence-electron chi connectivity index (χ4n) is 3.46. The van der Waals surface area contributed by atoms with E-state index in [0.717, 1.165) is 31.7 Å². The average Bonchev–Trinajstić information content (AvgIpc) is 2.74. The summed E-state index contributed by atoms with van der Waals surface area (Å²) in [5.74, 6) is 0.339. The zero-order valence-corrected chi connectivity index (χ0v) is 16.7. The summed E-state index contributed by atoms with van der Waals surface area (Å²) in [6.45, 7) is 5.58.